The summed E-state index contributed by atoms with van der Waals surface area (Å²) >= 11 is 0. The molecule has 0 atom stereocenters. The van der Waals surface area contributed by atoms with Crippen molar-refractivity contribution in [2.45, 2.75) is 13.8 Å². The molecular weight excluding hydrogens is 288 g/mol. The first-order valence-electron chi connectivity index (χ1n) is 8.07. The molecule has 0 fully saturated rings. The summed E-state index contributed by atoms with van der Waals surface area (Å²) in [5, 5.41) is 0. The summed E-state index contributed by atoms with van der Waals surface area (Å²) in [6.45, 7) is 7.92. The minimum Gasteiger partial charge on any atom is -0.476 e. The van der Waals surface area contributed by atoms with Gasteiger partial charge in [0.15, 0.2) is 5.82 Å². The van der Waals surface area contributed by atoms with Gasteiger partial charge < -0.3 is 14.6 Å². The average molecular weight is 310 g/mol. The minimum atomic E-state index is 0.634. The second kappa shape index (κ2) is 7.24. The Hall–Kier alpha value is -2.40. The van der Waals surface area contributed by atoms with E-state index in [1.165, 1.54) is 0 Å². The van der Waals surface area contributed by atoms with Crippen LogP contribution in [-0.2, 0) is 0 Å². The number of pyridine rings is 1. The lowest BCUT2D eigenvalue weighted by Gasteiger charge is -2.17. The highest BCUT2D eigenvalue weighted by Gasteiger charge is 2.07. The Morgan fingerprint density at radius 3 is 2.61 bits per heavy atom. The third kappa shape index (κ3) is 3.68. The standard InChI is InChI=1S/C18H22N4O/c1-3-22(4-2)12-13-23-17-11-7-10-16(19-17)18-20-14-8-5-6-9-15(14)21-18/h5-11H,3-4,12-13H2,1-2H3,(H,20,21). The van der Waals surface area contributed by atoms with E-state index in [2.05, 4.69) is 33.7 Å². The molecule has 0 saturated carbocycles. The van der Waals surface area contributed by atoms with Crippen molar-refractivity contribution >= 4 is 11.0 Å². The van der Waals surface area contributed by atoms with Gasteiger partial charge in [0.2, 0.25) is 5.88 Å². The fraction of sp³-hybridized carbons (Fsp3) is 0.333. The first-order chi connectivity index (χ1) is 11.3. The van der Waals surface area contributed by atoms with E-state index in [4.69, 9.17) is 4.74 Å². The van der Waals surface area contributed by atoms with Crippen LogP contribution in [0.5, 0.6) is 5.88 Å². The van der Waals surface area contributed by atoms with Gasteiger partial charge >= 0.3 is 0 Å². The molecule has 0 spiro atoms. The maximum absolute atomic E-state index is 5.78. The highest BCUT2D eigenvalue weighted by molar-refractivity contribution is 5.78. The van der Waals surface area contributed by atoms with Crippen LogP contribution in [0, 0.1) is 0 Å². The highest BCUT2D eigenvalue weighted by atomic mass is 16.5. The van der Waals surface area contributed by atoms with E-state index in [1.807, 2.05) is 42.5 Å². The lowest BCUT2D eigenvalue weighted by Crippen LogP contribution is -2.28. The molecule has 5 nitrogen and oxygen atoms in total. The number of hydrogen-bond acceptors (Lipinski definition) is 4. The maximum Gasteiger partial charge on any atom is 0.213 e. The molecule has 2 aromatic heterocycles. The number of H-pyrrole nitrogens is 1. The molecule has 0 aliphatic rings. The predicted octanol–water partition coefficient (Wildman–Crippen LogP) is 3.35. The van der Waals surface area contributed by atoms with Crippen molar-refractivity contribution in [3.8, 4) is 17.4 Å². The molecule has 1 N–H and O–H groups in total. The molecule has 3 rings (SSSR count). The van der Waals surface area contributed by atoms with Crippen molar-refractivity contribution < 1.29 is 4.74 Å². The Morgan fingerprint density at radius 1 is 1.00 bits per heavy atom. The predicted molar refractivity (Wildman–Crippen MR) is 92.6 cm³/mol. The van der Waals surface area contributed by atoms with Gasteiger partial charge in [-0.25, -0.2) is 9.97 Å². The van der Waals surface area contributed by atoms with Crippen LogP contribution in [0.2, 0.25) is 0 Å². The van der Waals surface area contributed by atoms with Crippen LogP contribution in [0.15, 0.2) is 42.5 Å². The number of hydrogen-bond donors (Lipinski definition) is 1. The van der Waals surface area contributed by atoms with Crippen LogP contribution < -0.4 is 4.74 Å². The quantitative estimate of drug-likeness (QED) is 0.727. The zero-order valence-electron chi connectivity index (χ0n) is 13.6. The Balaban J connectivity index is 1.72. The zero-order chi connectivity index (χ0) is 16.1. The van der Waals surface area contributed by atoms with Crippen molar-refractivity contribution in [3.05, 3.63) is 42.5 Å². The number of nitrogens with one attached hydrogen (secondary N) is 1. The fourth-order valence-electron chi connectivity index (χ4n) is 2.52. The summed E-state index contributed by atoms with van der Waals surface area (Å²) in [6.07, 6.45) is 0. The second-order valence-electron chi connectivity index (χ2n) is 5.34. The molecule has 0 aliphatic heterocycles. The van der Waals surface area contributed by atoms with Gasteiger partial charge in [0.1, 0.15) is 12.3 Å². The Kier molecular flexibility index (Phi) is 4.88. The molecular formula is C18H22N4O. The normalized spacial score (nSPS) is 11.3. The number of nitrogens with zero attached hydrogens (tertiary/aromatic N) is 3. The van der Waals surface area contributed by atoms with Crippen molar-refractivity contribution in [3.63, 3.8) is 0 Å². The molecule has 120 valence electrons. The van der Waals surface area contributed by atoms with Crippen LogP contribution in [0.4, 0.5) is 0 Å². The number of aromatic amines is 1. The van der Waals surface area contributed by atoms with E-state index in [0.717, 1.165) is 42.2 Å². The van der Waals surface area contributed by atoms with Crippen LogP contribution in [0.3, 0.4) is 0 Å². The number of imidazole rings is 1. The van der Waals surface area contributed by atoms with E-state index in [1.54, 1.807) is 0 Å². The van der Waals surface area contributed by atoms with E-state index < -0.39 is 0 Å². The maximum atomic E-state index is 5.78. The molecule has 3 aromatic rings. The SMILES string of the molecule is CCN(CC)CCOc1cccc(-c2nc3ccccc3[nH]2)n1. The second-order valence-corrected chi connectivity index (χ2v) is 5.34. The van der Waals surface area contributed by atoms with Crippen molar-refractivity contribution in [1.82, 2.24) is 19.9 Å². The monoisotopic (exact) mass is 310 g/mol. The minimum absolute atomic E-state index is 0.634. The van der Waals surface area contributed by atoms with Crippen LogP contribution in [0.25, 0.3) is 22.6 Å². The Morgan fingerprint density at radius 2 is 1.83 bits per heavy atom. The first kappa shape index (κ1) is 15.5. The number of fused-ring (bicyclic) bond motifs is 1. The van der Waals surface area contributed by atoms with E-state index in [-0.39, 0.29) is 0 Å². The molecule has 5 heteroatoms. The molecule has 0 amide bonds. The van der Waals surface area contributed by atoms with Gasteiger partial charge in [0.25, 0.3) is 0 Å². The van der Waals surface area contributed by atoms with Crippen molar-refractivity contribution in [2.75, 3.05) is 26.2 Å². The van der Waals surface area contributed by atoms with Gasteiger partial charge in [-0.15, -0.1) is 0 Å². The van der Waals surface area contributed by atoms with Crippen molar-refractivity contribution in [1.29, 1.82) is 0 Å². The summed E-state index contributed by atoms with van der Waals surface area (Å²) < 4.78 is 5.78. The van der Waals surface area contributed by atoms with Crippen LogP contribution in [0.1, 0.15) is 13.8 Å². The lowest BCUT2D eigenvalue weighted by molar-refractivity contribution is 0.218. The van der Waals surface area contributed by atoms with Gasteiger partial charge in [-0.3, -0.25) is 0 Å². The molecule has 0 saturated heterocycles. The summed E-state index contributed by atoms with van der Waals surface area (Å²) in [7, 11) is 0. The Labute approximate surface area is 136 Å². The summed E-state index contributed by atoms with van der Waals surface area (Å²) in [6, 6.07) is 13.7. The largest absolute Gasteiger partial charge is 0.476 e. The first-order valence-corrected chi connectivity index (χ1v) is 8.07. The van der Waals surface area contributed by atoms with Gasteiger partial charge in [0, 0.05) is 12.6 Å². The van der Waals surface area contributed by atoms with Crippen LogP contribution >= 0.6 is 0 Å². The van der Waals surface area contributed by atoms with Gasteiger partial charge in [-0.1, -0.05) is 32.0 Å². The highest BCUT2D eigenvalue weighted by Crippen LogP contribution is 2.20. The average Bonchev–Trinajstić information content (AvgIpc) is 3.03. The molecule has 0 bridgehead atoms. The number of ether oxygens (including phenoxy) is 1. The molecule has 2 heterocycles. The molecule has 0 unspecified atom stereocenters. The molecule has 23 heavy (non-hydrogen) atoms. The van der Waals surface area contributed by atoms with E-state index in [9.17, 15) is 0 Å². The summed E-state index contributed by atoms with van der Waals surface area (Å²) in [5.41, 5.74) is 2.75. The van der Waals surface area contributed by atoms with Gasteiger partial charge in [0.05, 0.1) is 11.0 Å². The van der Waals surface area contributed by atoms with E-state index in [0.29, 0.717) is 12.5 Å². The summed E-state index contributed by atoms with van der Waals surface area (Å²) in [5.74, 6) is 1.40. The number of rotatable bonds is 7. The molecule has 0 aliphatic carbocycles. The topological polar surface area (TPSA) is 54.0 Å². The number of para-hydroxylation sites is 2. The molecule has 0 radical (unpaired) electrons. The van der Waals surface area contributed by atoms with Gasteiger partial charge in [-0.05, 0) is 31.3 Å². The summed E-state index contributed by atoms with van der Waals surface area (Å²) in [4.78, 5) is 14.7. The number of benzene rings is 1. The van der Waals surface area contributed by atoms with Gasteiger partial charge in [-0.2, -0.15) is 0 Å². The van der Waals surface area contributed by atoms with Crippen LogP contribution in [-0.4, -0.2) is 46.1 Å². The zero-order valence-corrected chi connectivity index (χ0v) is 13.6. The Bertz CT molecular complexity index is 731. The molecule has 1 aromatic carbocycles. The van der Waals surface area contributed by atoms with E-state index >= 15 is 0 Å². The fourth-order valence-corrected chi connectivity index (χ4v) is 2.52. The lowest BCUT2D eigenvalue weighted by atomic mass is 10.3. The number of aromatic nitrogens is 3. The third-order valence-electron chi connectivity index (χ3n) is 3.91. The third-order valence-corrected chi connectivity index (χ3v) is 3.91. The van der Waals surface area contributed by atoms with Crippen molar-refractivity contribution in [2.24, 2.45) is 0 Å². The smallest absolute Gasteiger partial charge is 0.213 e. The number of likely N-dealkylation sites (N-methyl/N-ethyl adjacent to an activating group) is 1.